The van der Waals surface area contributed by atoms with Crippen molar-refractivity contribution in [2.24, 2.45) is 5.73 Å². The van der Waals surface area contributed by atoms with Crippen molar-refractivity contribution < 1.29 is 9.59 Å². The molecule has 0 bridgehead atoms. The summed E-state index contributed by atoms with van der Waals surface area (Å²) in [7, 11) is 0. The smallest absolute Gasteiger partial charge is 0.316 e. The maximum absolute atomic E-state index is 12.8. The largest absolute Gasteiger partial charge is 0.368 e. The molecule has 3 amide bonds. The third-order valence-corrected chi connectivity index (χ3v) is 5.35. The van der Waals surface area contributed by atoms with Gasteiger partial charge in [-0.05, 0) is 30.9 Å². The second-order valence-corrected chi connectivity index (χ2v) is 7.36. The first-order valence-corrected chi connectivity index (χ1v) is 9.50. The van der Waals surface area contributed by atoms with E-state index in [-0.39, 0.29) is 12.1 Å². The van der Waals surface area contributed by atoms with E-state index >= 15 is 0 Å². The van der Waals surface area contributed by atoms with Crippen molar-refractivity contribution in [3.8, 4) is 0 Å². The van der Waals surface area contributed by atoms with Gasteiger partial charge in [-0.1, -0.05) is 79.4 Å². The Morgan fingerprint density at radius 2 is 1.52 bits per heavy atom. The van der Waals surface area contributed by atoms with Crippen LogP contribution in [0.1, 0.15) is 54.8 Å². The Morgan fingerprint density at radius 1 is 0.926 bits per heavy atom. The summed E-state index contributed by atoms with van der Waals surface area (Å²) in [6.07, 6.45) is 4.04. The maximum atomic E-state index is 12.8. The minimum atomic E-state index is -0.948. The van der Waals surface area contributed by atoms with Gasteiger partial charge in [0.2, 0.25) is 5.91 Å². The van der Waals surface area contributed by atoms with E-state index in [2.05, 4.69) is 10.6 Å². The Kier molecular flexibility index (Phi) is 5.79. The zero-order chi connectivity index (χ0) is 19.3. The highest BCUT2D eigenvalue weighted by Crippen LogP contribution is 2.28. The predicted molar refractivity (Wildman–Crippen MR) is 106 cm³/mol. The molecule has 5 nitrogen and oxygen atoms in total. The van der Waals surface area contributed by atoms with Crippen LogP contribution >= 0.6 is 0 Å². The highest BCUT2D eigenvalue weighted by atomic mass is 16.2. The lowest BCUT2D eigenvalue weighted by molar-refractivity contribution is -0.125. The number of nitrogens with two attached hydrogens (primary N) is 1. The number of rotatable bonds is 5. The quantitative estimate of drug-likeness (QED) is 0.757. The van der Waals surface area contributed by atoms with E-state index < -0.39 is 11.4 Å². The molecule has 0 heterocycles. The molecule has 1 atom stereocenters. The lowest BCUT2D eigenvalue weighted by atomic mass is 9.81. The number of primary amides is 1. The molecule has 2 aromatic rings. The highest BCUT2D eigenvalue weighted by molar-refractivity contribution is 5.90. The van der Waals surface area contributed by atoms with Gasteiger partial charge in [0, 0.05) is 0 Å². The third-order valence-electron chi connectivity index (χ3n) is 5.35. The summed E-state index contributed by atoms with van der Waals surface area (Å²) in [5.41, 5.74) is 7.81. The van der Waals surface area contributed by atoms with E-state index in [1.54, 1.807) is 0 Å². The molecule has 0 unspecified atom stereocenters. The summed E-state index contributed by atoms with van der Waals surface area (Å²) in [5, 5.41) is 5.93. The summed E-state index contributed by atoms with van der Waals surface area (Å²) in [5.74, 6) is -0.455. The van der Waals surface area contributed by atoms with Crippen LogP contribution in [0.3, 0.4) is 0 Å². The standard InChI is InChI=1S/C22H27N3O2/c1-16-10-12-18(13-11-16)19(17-8-4-2-5-9-17)24-21(27)25-22(20(23)26)14-6-3-7-15-22/h2,4-5,8-13,19H,3,6-7,14-15H2,1H3,(H2,23,26)(H2,24,25,27)/t19-/m1/s1. The molecule has 0 spiro atoms. The molecule has 2 aromatic carbocycles. The number of hydrogen-bond donors (Lipinski definition) is 3. The van der Waals surface area contributed by atoms with Crippen molar-refractivity contribution in [1.82, 2.24) is 10.6 Å². The molecule has 1 fully saturated rings. The van der Waals surface area contributed by atoms with E-state index in [1.807, 2.05) is 61.5 Å². The number of urea groups is 1. The van der Waals surface area contributed by atoms with Crippen LogP contribution < -0.4 is 16.4 Å². The van der Waals surface area contributed by atoms with E-state index in [0.717, 1.165) is 36.0 Å². The lowest BCUT2D eigenvalue weighted by Gasteiger charge is -2.35. The molecule has 142 valence electrons. The molecule has 1 aliphatic carbocycles. The Balaban J connectivity index is 1.82. The van der Waals surface area contributed by atoms with Gasteiger partial charge in [0.05, 0.1) is 6.04 Å². The Bertz CT molecular complexity index is 781. The van der Waals surface area contributed by atoms with Gasteiger partial charge in [-0.3, -0.25) is 4.79 Å². The second kappa shape index (κ2) is 8.25. The first kappa shape index (κ1) is 19.0. The summed E-state index contributed by atoms with van der Waals surface area (Å²) < 4.78 is 0. The Labute approximate surface area is 160 Å². The summed E-state index contributed by atoms with van der Waals surface area (Å²) in [4.78, 5) is 24.9. The summed E-state index contributed by atoms with van der Waals surface area (Å²) in [6.45, 7) is 2.03. The molecule has 1 aliphatic rings. The number of carbonyl (C=O) groups is 2. The van der Waals surface area contributed by atoms with Crippen molar-refractivity contribution >= 4 is 11.9 Å². The topological polar surface area (TPSA) is 84.2 Å². The molecule has 0 radical (unpaired) electrons. The van der Waals surface area contributed by atoms with Gasteiger partial charge >= 0.3 is 6.03 Å². The zero-order valence-corrected chi connectivity index (χ0v) is 15.7. The van der Waals surface area contributed by atoms with E-state index in [0.29, 0.717) is 12.8 Å². The second-order valence-electron chi connectivity index (χ2n) is 7.36. The van der Waals surface area contributed by atoms with Crippen molar-refractivity contribution in [2.45, 2.75) is 50.6 Å². The Morgan fingerprint density at radius 3 is 2.11 bits per heavy atom. The van der Waals surface area contributed by atoms with Crippen LogP contribution in [0.2, 0.25) is 0 Å². The normalized spacial score (nSPS) is 16.9. The number of nitrogens with one attached hydrogen (secondary N) is 2. The summed E-state index contributed by atoms with van der Waals surface area (Å²) >= 11 is 0. The monoisotopic (exact) mass is 365 g/mol. The molecule has 0 saturated heterocycles. The van der Waals surface area contributed by atoms with Crippen LogP contribution in [-0.2, 0) is 4.79 Å². The number of carbonyl (C=O) groups excluding carboxylic acids is 2. The molecule has 27 heavy (non-hydrogen) atoms. The molecule has 0 aromatic heterocycles. The van der Waals surface area contributed by atoms with Crippen molar-refractivity contribution in [2.75, 3.05) is 0 Å². The average molecular weight is 365 g/mol. The van der Waals surface area contributed by atoms with Crippen LogP contribution in [0.5, 0.6) is 0 Å². The zero-order valence-electron chi connectivity index (χ0n) is 15.7. The highest BCUT2D eigenvalue weighted by Gasteiger charge is 2.39. The minimum absolute atomic E-state index is 0.305. The van der Waals surface area contributed by atoms with Crippen LogP contribution in [0.25, 0.3) is 0 Å². The van der Waals surface area contributed by atoms with Gasteiger partial charge in [0.25, 0.3) is 0 Å². The molecule has 4 N–H and O–H groups in total. The molecule has 1 saturated carbocycles. The average Bonchev–Trinajstić information content (AvgIpc) is 2.68. The predicted octanol–water partition coefficient (Wildman–Crippen LogP) is 3.57. The fraction of sp³-hybridized carbons (Fsp3) is 0.364. The van der Waals surface area contributed by atoms with Crippen LogP contribution in [0, 0.1) is 6.92 Å². The van der Waals surface area contributed by atoms with Gasteiger partial charge in [0.1, 0.15) is 5.54 Å². The molecular weight excluding hydrogens is 338 g/mol. The first-order chi connectivity index (χ1) is 13.0. The third kappa shape index (κ3) is 4.48. The van der Waals surface area contributed by atoms with Crippen molar-refractivity contribution in [3.05, 3.63) is 71.3 Å². The Hall–Kier alpha value is -2.82. The number of hydrogen-bond acceptors (Lipinski definition) is 2. The van der Waals surface area contributed by atoms with Gasteiger partial charge in [-0.15, -0.1) is 0 Å². The number of benzene rings is 2. The first-order valence-electron chi connectivity index (χ1n) is 9.50. The fourth-order valence-corrected chi connectivity index (χ4v) is 3.74. The fourth-order valence-electron chi connectivity index (χ4n) is 3.74. The van der Waals surface area contributed by atoms with E-state index in [9.17, 15) is 9.59 Å². The van der Waals surface area contributed by atoms with Gasteiger partial charge in [-0.25, -0.2) is 4.79 Å². The summed E-state index contributed by atoms with van der Waals surface area (Å²) in [6, 6.07) is 17.2. The van der Waals surface area contributed by atoms with Crippen LogP contribution in [0.4, 0.5) is 4.79 Å². The SMILES string of the molecule is Cc1ccc([C@H](NC(=O)NC2(C(N)=O)CCCCC2)c2ccccc2)cc1. The molecule has 3 rings (SSSR count). The molecule has 5 heteroatoms. The van der Waals surface area contributed by atoms with E-state index in [1.165, 1.54) is 0 Å². The van der Waals surface area contributed by atoms with Gasteiger partial charge in [0.15, 0.2) is 0 Å². The van der Waals surface area contributed by atoms with E-state index in [4.69, 9.17) is 5.73 Å². The lowest BCUT2D eigenvalue weighted by Crippen LogP contribution is -2.60. The maximum Gasteiger partial charge on any atom is 0.316 e. The van der Waals surface area contributed by atoms with Crippen LogP contribution in [0.15, 0.2) is 54.6 Å². The van der Waals surface area contributed by atoms with Crippen LogP contribution in [-0.4, -0.2) is 17.5 Å². The van der Waals surface area contributed by atoms with Gasteiger partial charge in [-0.2, -0.15) is 0 Å². The molecule has 0 aliphatic heterocycles. The molecular formula is C22H27N3O2. The van der Waals surface area contributed by atoms with Gasteiger partial charge < -0.3 is 16.4 Å². The van der Waals surface area contributed by atoms with Crippen molar-refractivity contribution in [1.29, 1.82) is 0 Å². The number of amides is 3. The minimum Gasteiger partial charge on any atom is -0.368 e. The van der Waals surface area contributed by atoms with Crippen molar-refractivity contribution in [3.63, 3.8) is 0 Å². The number of aryl methyl sites for hydroxylation is 1.